The number of hydrogen-bond acceptors (Lipinski definition) is 2. The number of halogens is 3. The van der Waals surface area contributed by atoms with Crippen LogP contribution in [-0.2, 0) is 4.74 Å². The maximum Gasteiger partial charge on any atom is 0.389 e. The fourth-order valence-corrected chi connectivity index (χ4v) is 1.13. The van der Waals surface area contributed by atoms with E-state index in [1.54, 1.807) is 7.11 Å². The first-order valence-corrected chi connectivity index (χ1v) is 4.57. The molecule has 0 aliphatic rings. The standard InChI is InChI=1S/C9H18F3NO/c1-8(2,7-14-3)13-6-4-5-9(10,11)12/h13H,4-7H2,1-3H3. The van der Waals surface area contributed by atoms with E-state index in [2.05, 4.69) is 5.32 Å². The van der Waals surface area contributed by atoms with Gasteiger partial charge in [-0.1, -0.05) is 0 Å². The lowest BCUT2D eigenvalue weighted by molar-refractivity contribution is -0.135. The fourth-order valence-electron chi connectivity index (χ4n) is 1.13. The van der Waals surface area contributed by atoms with Gasteiger partial charge in [0.05, 0.1) is 6.61 Å². The normalized spacial score (nSPS) is 13.3. The topological polar surface area (TPSA) is 21.3 Å². The Kier molecular flexibility index (Phi) is 5.44. The molecule has 0 atom stereocenters. The average molecular weight is 213 g/mol. The highest BCUT2D eigenvalue weighted by Gasteiger charge is 2.26. The monoisotopic (exact) mass is 213 g/mol. The molecule has 0 unspecified atom stereocenters. The van der Waals surface area contributed by atoms with Crippen LogP contribution in [0.5, 0.6) is 0 Å². The maximum absolute atomic E-state index is 11.8. The molecule has 0 rings (SSSR count). The summed E-state index contributed by atoms with van der Waals surface area (Å²) in [5.74, 6) is 0. The Morgan fingerprint density at radius 1 is 1.21 bits per heavy atom. The van der Waals surface area contributed by atoms with Gasteiger partial charge in [0.25, 0.3) is 0 Å². The van der Waals surface area contributed by atoms with Crippen LogP contribution in [0.25, 0.3) is 0 Å². The third kappa shape index (κ3) is 8.31. The van der Waals surface area contributed by atoms with Crippen LogP contribution in [0, 0.1) is 0 Å². The van der Waals surface area contributed by atoms with Gasteiger partial charge >= 0.3 is 6.18 Å². The molecule has 0 aromatic carbocycles. The SMILES string of the molecule is COCC(C)(C)NCCCC(F)(F)F. The van der Waals surface area contributed by atoms with Crippen molar-refractivity contribution in [3.05, 3.63) is 0 Å². The minimum absolute atomic E-state index is 0.108. The van der Waals surface area contributed by atoms with Crippen molar-refractivity contribution in [2.45, 2.75) is 38.4 Å². The molecule has 0 bridgehead atoms. The molecule has 0 aromatic rings. The Labute approximate surface area is 82.8 Å². The summed E-state index contributed by atoms with van der Waals surface area (Å²) in [6, 6.07) is 0. The first-order chi connectivity index (χ1) is 6.27. The minimum atomic E-state index is -4.05. The molecule has 0 saturated carbocycles. The Balaban J connectivity index is 3.54. The molecule has 1 N–H and O–H groups in total. The molecule has 0 saturated heterocycles. The van der Waals surface area contributed by atoms with E-state index in [9.17, 15) is 13.2 Å². The van der Waals surface area contributed by atoms with Gasteiger partial charge in [0.1, 0.15) is 0 Å². The van der Waals surface area contributed by atoms with E-state index in [4.69, 9.17) is 4.74 Å². The molecule has 0 fully saturated rings. The lowest BCUT2D eigenvalue weighted by Crippen LogP contribution is -2.43. The highest BCUT2D eigenvalue weighted by atomic mass is 19.4. The number of ether oxygens (including phenoxy) is 1. The van der Waals surface area contributed by atoms with Gasteiger partial charge in [-0.05, 0) is 26.8 Å². The molecule has 0 radical (unpaired) electrons. The maximum atomic E-state index is 11.8. The van der Waals surface area contributed by atoms with Crippen molar-refractivity contribution in [3.63, 3.8) is 0 Å². The van der Waals surface area contributed by atoms with Crippen LogP contribution < -0.4 is 5.32 Å². The molecule has 86 valence electrons. The summed E-state index contributed by atoms with van der Waals surface area (Å²) < 4.78 is 40.2. The summed E-state index contributed by atoms with van der Waals surface area (Å²) in [5.41, 5.74) is -0.264. The molecule has 2 nitrogen and oxygen atoms in total. The lowest BCUT2D eigenvalue weighted by Gasteiger charge is -2.25. The predicted molar refractivity (Wildman–Crippen MR) is 49.2 cm³/mol. The van der Waals surface area contributed by atoms with E-state index in [0.717, 1.165) is 0 Å². The van der Waals surface area contributed by atoms with Crippen molar-refractivity contribution < 1.29 is 17.9 Å². The second kappa shape index (κ2) is 5.56. The van der Waals surface area contributed by atoms with Gasteiger partial charge in [-0.15, -0.1) is 0 Å². The molecule has 0 aliphatic carbocycles. The first-order valence-electron chi connectivity index (χ1n) is 4.57. The van der Waals surface area contributed by atoms with E-state index in [0.29, 0.717) is 13.2 Å². The Morgan fingerprint density at radius 3 is 2.21 bits per heavy atom. The highest BCUT2D eigenvalue weighted by Crippen LogP contribution is 2.20. The summed E-state index contributed by atoms with van der Waals surface area (Å²) >= 11 is 0. The van der Waals surface area contributed by atoms with Crippen molar-refractivity contribution in [2.24, 2.45) is 0 Å². The summed E-state index contributed by atoms with van der Waals surface area (Å²) in [7, 11) is 1.57. The Morgan fingerprint density at radius 2 is 1.79 bits per heavy atom. The van der Waals surface area contributed by atoms with Gasteiger partial charge in [0.2, 0.25) is 0 Å². The largest absolute Gasteiger partial charge is 0.389 e. The Hall–Kier alpha value is -0.290. The summed E-state index contributed by atoms with van der Waals surface area (Å²) in [6.07, 6.45) is -4.67. The van der Waals surface area contributed by atoms with Gasteiger partial charge in [-0.2, -0.15) is 13.2 Å². The van der Waals surface area contributed by atoms with Crippen LogP contribution in [0.15, 0.2) is 0 Å². The summed E-state index contributed by atoms with van der Waals surface area (Å²) in [4.78, 5) is 0. The predicted octanol–water partition coefficient (Wildman–Crippen LogP) is 2.34. The van der Waals surface area contributed by atoms with Gasteiger partial charge in [0, 0.05) is 19.1 Å². The molecule has 0 aromatic heterocycles. The zero-order valence-corrected chi connectivity index (χ0v) is 8.87. The minimum Gasteiger partial charge on any atom is -0.383 e. The number of rotatable bonds is 6. The zero-order valence-electron chi connectivity index (χ0n) is 8.87. The van der Waals surface area contributed by atoms with Crippen molar-refractivity contribution in [3.8, 4) is 0 Å². The molecular weight excluding hydrogens is 195 g/mol. The summed E-state index contributed by atoms with van der Waals surface area (Å²) in [6.45, 7) is 4.63. The zero-order chi connectivity index (χ0) is 11.2. The number of methoxy groups -OCH3 is 1. The van der Waals surface area contributed by atoms with Crippen molar-refractivity contribution in [2.75, 3.05) is 20.3 Å². The smallest absolute Gasteiger partial charge is 0.383 e. The fraction of sp³-hybridized carbons (Fsp3) is 1.00. The van der Waals surface area contributed by atoms with E-state index >= 15 is 0 Å². The van der Waals surface area contributed by atoms with Crippen molar-refractivity contribution in [1.82, 2.24) is 5.32 Å². The van der Waals surface area contributed by atoms with Crippen LogP contribution in [0.4, 0.5) is 13.2 Å². The number of hydrogen-bond donors (Lipinski definition) is 1. The van der Waals surface area contributed by atoms with E-state index in [1.165, 1.54) is 0 Å². The second-order valence-corrected chi connectivity index (χ2v) is 3.96. The number of nitrogens with one attached hydrogen (secondary N) is 1. The van der Waals surface area contributed by atoms with Crippen LogP contribution in [0.1, 0.15) is 26.7 Å². The first kappa shape index (κ1) is 13.7. The van der Waals surface area contributed by atoms with Crippen molar-refractivity contribution in [1.29, 1.82) is 0 Å². The molecule has 14 heavy (non-hydrogen) atoms. The van der Waals surface area contributed by atoms with Gasteiger partial charge in [-0.25, -0.2) is 0 Å². The van der Waals surface area contributed by atoms with Crippen LogP contribution >= 0.6 is 0 Å². The van der Waals surface area contributed by atoms with Gasteiger partial charge < -0.3 is 10.1 Å². The third-order valence-electron chi connectivity index (χ3n) is 1.75. The quantitative estimate of drug-likeness (QED) is 0.684. The third-order valence-corrected chi connectivity index (χ3v) is 1.75. The van der Waals surface area contributed by atoms with E-state index < -0.39 is 12.6 Å². The molecule has 5 heteroatoms. The molecular formula is C9H18F3NO. The Bertz CT molecular complexity index is 157. The number of alkyl halides is 3. The van der Waals surface area contributed by atoms with Gasteiger partial charge in [-0.3, -0.25) is 0 Å². The van der Waals surface area contributed by atoms with Crippen molar-refractivity contribution >= 4 is 0 Å². The van der Waals surface area contributed by atoms with E-state index in [1.807, 2.05) is 13.8 Å². The lowest BCUT2D eigenvalue weighted by atomic mass is 10.1. The molecule has 0 aliphatic heterocycles. The average Bonchev–Trinajstić information content (AvgIpc) is 1.96. The van der Waals surface area contributed by atoms with Crippen LogP contribution in [0.2, 0.25) is 0 Å². The van der Waals surface area contributed by atoms with Crippen LogP contribution in [0.3, 0.4) is 0 Å². The molecule has 0 amide bonds. The second-order valence-electron chi connectivity index (χ2n) is 3.96. The van der Waals surface area contributed by atoms with Gasteiger partial charge in [0.15, 0.2) is 0 Å². The molecule has 0 spiro atoms. The van der Waals surface area contributed by atoms with E-state index in [-0.39, 0.29) is 12.0 Å². The molecule has 0 heterocycles. The summed E-state index contributed by atoms with van der Waals surface area (Å²) in [5, 5.41) is 3.01. The highest BCUT2D eigenvalue weighted by molar-refractivity contribution is 4.76. The van der Waals surface area contributed by atoms with Crippen LogP contribution in [-0.4, -0.2) is 32.0 Å².